The van der Waals surface area contributed by atoms with Crippen molar-refractivity contribution in [3.8, 4) is 0 Å². The van der Waals surface area contributed by atoms with Gasteiger partial charge in [0.25, 0.3) is 0 Å². The van der Waals surface area contributed by atoms with E-state index >= 15 is 0 Å². The van der Waals surface area contributed by atoms with Crippen molar-refractivity contribution in [3.63, 3.8) is 0 Å². The third-order valence-corrected chi connectivity index (χ3v) is 7.65. The van der Waals surface area contributed by atoms with Gasteiger partial charge in [0.05, 0.1) is 0 Å². The summed E-state index contributed by atoms with van der Waals surface area (Å²) in [6, 6.07) is 6.07. The molecule has 1 amide bonds. The number of likely N-dealkylation sites (tertiary alicyclic amines) is 1. The van der Waals surface area contributed by atoms with E-state index in [1.807, 2.05) is 37.1 Å². The summed E-state index contributed by atoms with van der Waals surface area (Å²) in [6.45, 7) is 11.2. The standard InChI is InChI=1S/C23H33N5O2S/c1-18-19(2)31-23(30)28(18)11-8-22(29)27-10-5-6-20(17-27)16-25-12-14-26(15-13-25)21-7-3-4-9-24-21/h3-4,7,9,20H,5-6,8,10-17H2,1-2H3. The first-order valence-electron chi connectivity index (χ1n) is 11.3. The molecule has 0 bridgehead atoms. The summed E-state index contributed by atoms with van der Waals surface area (Å²) in [5, 5.41) is 0. The summed E-state index contributed by atoms with van der Waals surface area (Å²) in [6.07, 6.45) is 4.52. The van der Waals surface area contributed by atoms with Crippen molar-refractivity contribution in [2.45, 2.75) is 39.7 Å². The van der Waals surface area contributed by atoms with E-state index in [9.17, 15) is 9.59 Å². The quantitative estimate of drug-likeness (QED) is 0.686. The van der Waals surface area contributed by atoms with Crippen molar-refractivity contribution < 1.29 is 4.79 Å². The first-order chi connectivity index (χ1) is 15.0. The number of hydrogen-bond donors (Lipinski definition) is 0. The average Bonchev–Trinajstić information content (AvgIpc) is 3.04. The third-order valence-electron chi connectivity index (χ3n) is 6.66. The van der Waals surface area contributed by atoms with E-state index in [-0.39, 0.29) is 10.8 Å². The normalized spacial score (nSPS) is 20.3. The number of carbonyl (C=O) groups is 1. The highest BCUT2D eigenvalue weighted by Gasteiger charge is 2.27. The first-order valence-corrected chi connectivity index (χ1v) is 12.2. The van der Waals surface area contributed by atoms with Gasteiger partial charge in [-0.3, -0.25) is 14.5 Å². The van der Waals surface area contributed by atoms with Crippen LogP contribution in [0.2, 0.25) is 0 Å². The molecule has 2 aromatic heterocycles. The highest BCUT2D eigenvalue weighted by Crippen LogP contribution is 2.20. The summed E-state index contributed by atoms with van der Waals surface area (Å²) in [5.74, 6) is 1.78. The van der Waals surface area contributed by atoms with Gasteiger partial charge in [0, 0.05) is 75.5 Å². The largest absolute Gasteiger partial charge is 0.354 e. The lowest BCUT2D eigenvalue weighted by Gasteiger charge is -2.39. The van der Waals surface area contributed by atoms with Gasteiger partial charge in [0.2, 0.25) is 5.91 Å². The molecule has 0 N–H and O–H groups in total. The van der Waals surface area contributed by atoms with Crippen LogP contribution in [-0.2, 0) is 11.3 Å². The van der Waals surface area contributed by atoms with Gasteiger partial charge in [0.15, 0.2) is 0 Å². The predicted octanol–water partition coefficient (Wildman–Crippen LogP) is 2.37. The Bertz CT molecular complexity index is 933. The van der Waals surface area contributed by atoms with E-state index in [1.54, 1.807) is 4.57 Å². The van der Waals surface area contributed by atoms with Gasteiger partial charge < -0.3 is 14.4 Å². The molecular formula is C23H33N5O2S. The minimum atomic E-state index is 0.0455. The van der Waals surface area contributed by atoms with Gasteiger partial charge in [-0.15, -0.1) is 0 Å². The average molecular weight is 444 g/mol. The summed E-state index contributed by atoms with van der Waals surface area (Å²) in [4.78, 5) is 37.4. The predicted molar refractivity (Wildman–Crippen MR) is 125 cm³/mol. The lowest BCUT2D eigenvalue weighted by molar-refractivity contribution is -0.133. The maximum Gasteiger partial charge on any atom is 0.307 e. The molecule has 0 spiro atoms. The summed E-state index contributed by atoms with van der Waals surface area (Å²) in [5.41, 5.74) is 0.990. The highest BCUT2D eigenvalue weighted by atomic mass is 32.1. The number of pyridine rings is 1. The topological polar surface area (TPSA) is 61.7 Å². The molecule has 0 aliphatic carbocycles. The van der Waals surface area contributed by atoms with Gasteiger partial charge in [0.1, 0.15) is 5.82 Å². The Morgan fingerprint density at radius 2 is 1.97 bits per heavy atom. The van der Waals surface area contributed by atoms with E-state index in [0.717, 1.165) is 68.6 Å². The Kier molecular flexibility index (Phi) is 7.07. The van der Waals surface area contributed by atoms with Crippen molar-refractivity contribution in [3.05, 3.63) is 44.6 Å². The Morgan fingerprint density at radius 1 is 1.16 bits per heavy atom. The van der Waals surface area contributed by atoms with Crippen LogP contribution in [0, 0.1) is 19.8 Å². The van der Waals surface area contributed by atoms with Gasteiger partial charge >= 0.3 is 4.87 Å². The molecular weight excluding hydrogens is 410 g/mol. The lowest BCUT2D eigenvalue weighted by atomic mass is 9.96. The Hall–Kier alpha value is -2.19. The second-order valence-corrected chi connectivity index (χ2v) is 9.90. The molecule has 4 rings (SSSR count). The Morgan fingerprint density at radius 3 is 2.65 bits per heavy atom. The zero-order valence-corrected chi connectivity index (χ0v) is 19.4. The molecule has 31 heavy (non-hydrogen) atoms. The van der Waals surface area contributed by atoms with Crippen molar-refractivity contribution in [2.24, 2.45) is 5.92 Å². The number of anilines is 1. The van der Waals surface area contributed by atoms with Crippen LogP contribution < -0.4 is 9.77 Å². The number of piperidine rings is 1. The van der Waals surface area contributed by atoms with E-state index in [1.165, 1.54) is 17.8 Å². The summed E-state index contributed by atoms with van der Waals surface area (Å²) < 4.78 is 1.75. The molecule has 0 radical (unpaired) electrons. The molecule has 2 aliphatic heterocycles. The summed E-state index contributed by atoms with van der Waals surface area (Å²) >= 11 is 1.27. The van der Waals surface area contributed by atoms with E-state index < -0.39 is 0 Å². The maximum absolute atomic E-state index is 12.8. The lowest BCUT2D eigenvalue weighted by Crippen LogP contribution is -2.50. The number of rotatable bonds is 6. The molecule has 1 unspecified atom stereocenters. The molecule has 2 fully saturated rings. The third kappa shape index (κ3) is 5.36. The first kappa shape index (κ1) is 22.0. The number of aryl methyl sites for hydroxylation is 1. The molecule has 4 heterocycles. The smallest absolute Gasteiger partial charge is 0.307 e. The fraction of sp³-hybridized carbons (Fsp3) is 0.609. The van der Waals surface area contributed by atoms with Crippen LogP contribution in [0.5, 0.6) is 0 Å². The monoisotopic (exact) mass is 443 g/mol. The summed E-state index contributed by atoms with van der Waals surface area (Å²) in [7, 11) is 0. The maximum atomic E-state index is 12.8. The second-order valence-electron chi connectivity index (χ2n) is 8.73. The fourth-order valence-electron chi connectivity index (χ4n) is 4.72. The second kappa shape index (κ2) is 9.96. The highest BCUT2D eigenvalue weighted by molar-refractivity contribution is 7.09. The number of thiazole rings is 1. The van der Waals surface area contributed by atoms with Crippen LogP contribution in [0.15, 0.2) is 29.2 Å². The molecule has 168 valence electrons. The van der Waals surface area contributed by atoms with Gasteiger partial charge in [-0.1, -0.05) is 17.4 Å². The number of amides is 1. The Labute approximate surface area is 188 Å². The zero-order chi connectivity index (χ0) is 21.8. The van der Waals surface area contributed by atoms with Gasteiger partial charge in [-0.2, -0.15) is 0 Å². The number of piperazine rings is 1. The SMILES string of the molecule is Cc1sc(=O)n(CCC(=O)N2CCCC(CN3CCN(c4ccccn4)CC3)C2)c1C. The van der Waals surface area contributed by atoms with Crippen LogP contribution in [0.1, 0.15) is 29.8 Å². The van der Waals surface area contributed by atoms with Crippen LogP contribution >= 0.6 is 11.3 Å². The number of hydrogen-bond acceptors (Lipinski definition) is 6. The fourth-order valence-corrected chi connectivity index (χ4v) is 5.58. The molecule has 0 saturated carbocycles. The molecule has 8 heteroatoms. The molecule has 2 aliphatic rings. The van der Waals surface area contributed by atoms with Crippen molar-refractivity contribution in [1.29, 1.82) is 0 Å². The molecule has 2 aromatic rings. The minimum Gasteiger partial charge on any atom is -0.354 e. The minimum absolute atomic E-state index is 0.0455. The van der Waals surface area contributed by atoms with Gasteiger partial charge in [-0.25, -0.2) is 4.98 Å². The van der Waals surface area contributed by atoms with Crippen molar-refractivity contribution >= 4 is 23.1 Å². The van der Waals surface area contributed by atoms with Crippen LogP contribution in [-0.4, -0.2) is 71.1 Å². The zero-order valence-electron chi connectivity index (χ0n) is 18.6. The number of carbonyl (C=O) groups excluding carboxylic acids is 1. The van der Waals surface area contributed by atoms with Gasteiger partial charge in [-0.05, 0) is 44.7 Å². The number of nitrogens with zero attached hydrogens (tertiary/aromatic N) is 5. The van der Waals surface area contributed by atoms with Crippen molar-refractivity contribution in [2.75, 3.05) is 50.7 Å². The Balaban J connectivity index is 1.24. The molecule has 0 aromatic carbocycles. The molecule has 2 saturated heterocycles. The number of aromatic nitrogens is 2. The molecule has 7 nitrogen and oxygen atoms in total. The van der Waals surface area contributed by atoms with Crippen LogP contribution in [0.3, 0.4) is 0 Å². The van der Waals surface area contributed by atoms with E-state index in [4.69, 9.17) is 0 Å². The molecule has 1 atom stereocenters. The van der Waals surface area contributed by atoms with Crippen LogP contribution in [0.25, 0.3) is 0 Å². The van der Waals surface area contributed by atoms with Crippen molar-refractivity contribution in [1.82, 2.24) is 19.4 Å². The van der Waals surface area contributed by atoms with E-state index in [2.05, 4.69) is 20.9 Å². The van der Waals surface area contributed by atoms with Crippen LogP contribution in [0.4, 0.5) is 5.82 Å². The van der Waals surface area contributed by atoms with E-state index in [0.29, 0.717) is 18.9 Å².